The molecule has 0 N–H and O–H groups in total. The van der Waals surface area contributed by atoms with Gasteiger partial charge in [-0.2, -0.15) is 0 Å². The van der Waals surface area contributed by atoms with Crippen molar-refractivity contribution in [1.82, 2.24) is 0 Å². The van der Waals surface area contributed by atoms with Crippen molar-refractivity contribution < 1.29 is 23.9 Å². The molecule has 0 unspecified atom stereocenters. The molecule has 0 fully saturated rings. The van der Waals surface area contributed by atoms with Crippen molar-refractivity contribution >= 4 is 18.2 Å². The van der Waals surface area contributed by atoms with Gasteiger partial charge in [0.15, 0.2) is 5.76 Å². The second-order valence-corrected chi connectivity index (χ2v) is 2.60. The molecule has 0 spiro atoms. The molecule has 0 radical (unpaired) electrons. The molecular formula is C9H12O5. The fourth-order valence-corrected chi connectivity index (χ4v) is 0.630. The SMILES string of the molecule is CC(=O)OCC(OC(C)=O)=C(C)C=O. The summed E-state index contributed by atoms with van der Waals surface area (Å²) >= 11 is 0. The van der Waals surface area contributed by atoms with Gasteiger partial charge in [0.1, 0.15) is 12.9 Å². The highest BCUT2D eigenvalue weighted by Crippen LogP contribution is 2.05. The van der Waals surface area contributed by atoms with Gasteiger partial charge in [-0.1, -0.05) is 0 Å². The molecule has 78 valence electrons. The van der Waals surface area contributed by atoms with E-state index in [1.54, 1.807) is 0 Å². The number of allylic oxidation sites excluding steroid dienone is 1. The van der Waals surface area contributed by atoms with Crippen molar-refractivity contribution in [2.75, 3.05) is 6.61 Å². The zero-order valence-electron chi connectivity index (χ0n) is 8.33. The lowest BCUT2D eigenvalue weighted by Crippen LogP contribution is -2.10. The summed E-state index contributed by atoms with van der Waals surface area (Å²) in [6.07, 6.45) is 0.530. The lowest BCUT2D eigenvalue weighted by molar-refractivity contribution is -0.145. The van der Waals surface area contributed by atoms with Crippen LogP contribution in [0.1, 0.15) is 20.8 Å². The zero-order chi connectivity index (χ0) is 11.1. The minimum atomic E-state index is -0.562. The van der Waals surface area contributed by atoms with E-state index >= 15 is 0 Å². The summed E-state index contributed by atoms with van der Waals surface area (Å²) in [6.45, 7) is 3.68. The molecule has 0 aromatic rings. The Balaban J connectivity index is 4.48. The third-order valence-electron chi connectivity index (χ3n) is 1.29. The molecule has 5 nitrogen and oxygen atoms in total. The van der Waals surface area contributed by atoms with Gasteiger partial charge in [0, 0.05) is 19.4 Å². The third kappa shape index (κ3) is 5.08. The average molecular weight is 200 g/mol. The molecule has 0 aromatic carbocycles. The molecule has 0 aromatic heterocycles. The van der Waals surface area contributed by atoms with E-state index in [1.807, 2.05) is 0 Å². The number of rotatable bonds is 4. The van der Waals surface area contributed by atoms with Crippen LogP contribution in [0.4, 0.5) is 0 Å². The van der Waals surface area contributed by atoms with Gasteiger partial charge in [0.25, 0.3) is 0 Å². The van der Waals surface area contributed by atoms with E-state index in [9.17, 15) is 14.4 Å². The first-order chi connectivity index (χ1) is 6.47. The van der Waals surface area contributed by atoms with E-state index in [2.05, 4.69) is 9.47 Å². The van der Waals surface area contributed by atoms with Crippen LogP contribution < -0.4 is 0 Å². The van der Waals surface area contributed by atoms with E-state index in [-0.39, 0.29) is 17.9 Å². The largest absolute Gasteiger partial charge is 0.458 e. The highest BCUT2D eigenvalue weighted by atomic mass is 16.6. The number of esters is 2. The quantitative estimate of drug-likeness (QED) is 0.287. The highest BCUT2D eigenvalue weighted by molar-refractivity contribution is 5.75. The molecular weight excluding hydrogens is 188 g/mol. The summed E-state index contributed by atoms with van der Waals surface area (Å²) in [5.41, 5.74) is 0.224. The van der Waals surface area contributed by atoms with Gasteiger partial charge in [-0.3, -0.25) is 14.4 Å². The maximum Gasteiger partial charge on any atom is 0.307 e. The van der Waals surface area contributed by atoms with Crippen LogP contribution in [-0.4, -0.2) is 24.8 Å². The average Bonchev–Trinajstić information content (AvgIpc) is 2.10. The summed E-state index contributed by atoms with van der Waals surface area (Å²) < 4.78 is 9.28. The fourth-order valence-electron chi connectivity index (χ4n) is 0.630. The fraction of sp³-hybridized carbons (Fsp3) is 0.444. The van der Waals surface area contributed by atoms with Crippen molar-refractivity contribution in [2.24, 2.45) is 0 Å². The first-order valence-electron chi connectivity index (χ1n) is 3.94. The molecule has 0 aliphatic rings. The number of aldehydes is 1. The summed E-state index contributed by atoms with van der Waals surface area (Å²) in [5.74, 6) is -1.01. The van der Waals surface area contributed by atoms with Crippen LogP contribution in [0.5, 0.6) is 0 Å². The molecule has 0 amide bonds. The smallest absolute Gasteiger partial charge is 0.307 e. The molecule has 0 aliphatic heterocycles. The Kier molecular flexibility index (Phi) is 5.21. The van der Waals surface area contributed by atoms with Gasteiger partial charge in [0.05, 0.1) is 0 Å². The Morgan fingerprint density at radius 2 is 1.71 bits per heavy atom. The molecule has 0 atom stereocenters. The second kappa shape index (κ2) is 5.90. The summed E-state index contributed by atoms with van der Waals surface area (Å²) in [5, 5.41) is 0. The van der Waals surface area contributed by atoms with Gasteiger partial charge >= 0.3 is 11.9 Å². The standard InChI is InChI=1S/C9H12O5/c1-6(4-10)9(14-8(3)12)5-13-7(2)11/h4H,5H2,1-3H3. The zero-order valence-corrected chi connectivity index (χ0v) is 8.33. The maximum atomic E-state index is 10.6. The molecule has 0 heterocycles. The van der Waals surface area contributed by atoms with Crippen LogP contribution in [0, 0.1) is 0 Å². The van der Waals surface area contributed by atoms with Crippen LogP contribution in [0.3, 0.4) is 0 Å². The van der Waals surface area contributed by atoms with E-state index in [4.69, 9.17) is 0 Å². The van der Waals surface area contributed by atoms with Crippen molar-refractivity contribution in [3.63, 3.8) is 0 Å². The van der Waals surface area contributed by atoms with Gasteiger partial charge in [-0.05, 0) is 6.92 Å². The predicted octanol–water partition coefficient (Wildman–Crippen LogP) is 0.586. The Bertz CT molecular complexity index is 277. The van der Waals surface area contributed by atoms with E-state index in [0.29, 0.717) is 6.29 Å². The number of hydrogen-bond donors (Lipinski definition) is 0. The maximum absolute atomic E-state index is 10.6. The van der Waals surface area contributed by atoms with E-state index in [1.165, 1.54) is 20.8 Å². The van der Waals surface area contributed by atoms with Crippen molar-refractivity contribution in [3.8, 4) is 0 Å². The lowest BCUT2D eigenvalue weighted by atomic mass is 10.3. The number of ether oxygens (including phenoxy) is 2. The minimum absolute atomic E-state index is 0.0581. The van der Waals surface area contributed by atoms with Gasteiger partial charge in [0.2, 0.25) is 0 Å². The van der Waals surface area contributed by atoms with Crippen LogP contribution >= 0.6 is 0 Å². The van der Waals surface area contributed by atoms with Crippen LogP contribution in [0.25, 0.3) is 0 Å². The Morgan fingerprint density at radius 3 is 2.07 bits per heavy atom. The molecule has 0 aliphatic carbocycles. The summed E-state index contributed by atoms with van der Waals surface area (Å²) in [6, 6.07) is 0. The second-order valence-electron chi connectivity index (χ2n) is 2.60. The Labute approximate surface area is 81.7 Å². The minimum Gasteiger partial charge on any atom is -0.458 e. The monoisotopic (exact) mass is 200 g/mol. The van der Waals surface area contributed by atoms with Gasteiger partial charge in [-0.25, -0.2) is 0 Å². The topological polar surface area (TPSA) is 69.7 Å². The Hall–Kier alpha value is -1.65. The molecule has 0 saturated heterocycles. The molecule has 5 heteroatoms. The number of hydrogen-bond acceptors (Lipinski definition) is 5. The van der Waals surface area contributed by atoms with E-state index < -0.39 is 11.9 Å². The molecule has 0 rings (SSSR count). The normalized spacial score (nSPS) is 11.4. The van der Waals surface area contributed by atoms with Crippen molar-refractivity contribution in [1.29, 1.82) is 0 Å². The first-order valence-corrected chi connectivity index (χ1v) is 3.94. The third-order valence-corrected chi connectivity index (χ3v) is 1.29. The van der Waals surface area contributed by atoms with Crippen LogP contribution in [0.15, 0.2) is 11.3 Å². The van der Waals surface area contributed by atoms with Crippen LogP contribution in [0.2, 0.25) is 0 Å². The summed E-state index contributed by atoms with van der Waals surface area (Å²) in [4.78, 5) is 31.5. The van der Waals surface area contributed by atoms with Crippen molar-refractivity contribution in [2.45, 2.75) is 20.8 Å². The van der Waals surface area contributed by atoms with Crippen molar-refractivity contribution in [3.05, 3.63) is 11.3 Å². The first kappa shape index (κ1) is 12.3. The van der Waals surface area contributed by atoms with Gasteiger partial charge in [-0.15, -0.1) is 0 Å². The predicted molar refractivity (Wildman–Crippen MR) is 47.2 cm³/mol. The molecule has 14 heavy (non-hydrogen) atoms. The van der Waals surface area contributed by atoms with E-state index in [0.717, 1.165) is 0 Å². The number of carbonyl (C=O) groups is 3. The molecule has 0 saturated carbocycles. The highest BCUT2D eigenvalue weighted by Gasteiger charge is 2.08. The lowest BCUT2D eigenvalue weighted by Gasteiger charge is -2.08. The van der Waals surface area contributed by atoms with Crippen LogP contribution in [-0.2, 0) is 23.9 Å². The molecule has 0 bridgehead atoms. The van der Waals surface area contributed by atoms with Gasteiger partial charge < -0.3 is 9.47 Å². The number of carbonyl (C=O) groups excluding carboxylic acids is 3. The Morgan fingerprint density at radius 1 is 1.14 bits per heavy atom. The summed E-state index contributed by atoms with van der Waals surface area (Å²) in [7, 11) is 0.